The Morgan fingerprint density at radius 1 is 1.36 bits per heavy atom. The predicted octanol–water partition coefficient (Wildman–Crippen LogP) is 0.0312. The van der Waals surface area contributed by atoms with Crippen LogP contribution in [0.4, 0.5) is 0 Å². The Bertz CT molecular complexity index is 678. The van der Waals surface area contributed by atoms with Crippen molar-refractivity contribution in [3.05, 3.63) is 52.2 Å². The fraction of sp³-hybridized carbons (Fsp3) is 0.400. The van der Waals surface area contributed by atoms with Crippen molar-refractivity contribution in [3.8, 4) is 0 Å². The maximum atomic E-state index is 11.9. The van der Waals surface area contributed by atoms with Crippen LogP contribution in [0, 0.1) is 0 Å². The number of hydrogen-bond acceptors (Lipinski definition) is 4. The van der Waals surface area contributed by atoms with E-state index in [4.69, 9.17) is 0 Å². The molecule has 2 aromatic rings. The van der Waals surface area contributed by atoms with Gasteiger partial charge in [0.15, 0.2) is 0 Å². The number of aromatic nitrogens is 3. The number of H-pyrrole nitrogens is 2. The SMILES string of the molecule is O=C(Cc1n[nH]c(=O)[nH]1)N[C@@H]1CCN(Cc2ccccc2)C1. The minimum Gasteiger partial charge on any atom is -0.352 e. The Kier molecular flexibility index (Phi) is 4.34. The third-order valence-corrected chi connectivity index (χ3v) is 3.76. The molecule has 0 spiro atoms. The average molecular weight is 301 g/mol. The van der Waals surface area contributed by atoms with E-state index in [9.17, 15) is 9.59 Å². The van der Waals surface area contributed by atoms with Gasteiger partial charge in [0.05, 0.1) is 6.42 Å². The van der Waals surface area contributed by atoms with E-state index >= 15 is 0 Å². The summed E-state index contributed by atoms with van der Waals surface area (Å²) in [5, 5.41) is 8.99. The Morgan fingerprint density at radius 3 is 2.91 bits per heavy atom. The van der Waals surface area contributed by atoms with Gasteiger partial charge < -0.3 is 5.32 Å². The van der Waals surface area contributed by atoms with E-state index in [1.807, 2.05) is 18.2 Å². The van der Waals surface area contributed by atoms with Crippen molar-refractivity contribution < 1.29 is 4.79 Å². The molecule has 0 saturated carbocycles. The molecule has 7 heteroatoms. The molecule has 1 saturated heterocycles. The summed E-state index contributed by atoms with van der Waals surface area (Å²) in [4.78, 5) is 27.7. The molecule has 116 valence electrons. The van der Waals surface area contributed by atoms with Crippen LogP contribution >= 0.6 is 0 Å². The van der Waals surface area contributed by atoms with Gasteiger partial charge in [-0.1, -0.05) is 30.3 Å². The van der Waals surface area contributed by atoms with Crippen molar-refractivity contribution in [2.75, 3.05) is 13.1 Å². The third-order valence-electron chi connectivity index (χ3n) is 3.76. The molecule has 22 heavy (non-hydrogen) atoms. The molecule has 1 atom stereocenters. The summed E-state index contributed by atoms with van der Waals surface area (Å²) in [6.45, 7) is 2.72. The van der Waals surface area contributed by atoms with Gasteiger partial charge in [-0.05, 0) is 12.0 Å². The zero-order chi connectivity index (χ0) is 15.4. The summed E-state index contributed by atoms with van der Waals surface area (Å²) in [6, 6.07) is 10.5. The van der Waals surface area contributed by atoms with E-state index in [0.29, 0.717) is 5.82 Å². The molecule has 3 rings (SSSR count). The zero-order valence-corrected chi connectivity index (χ0v) is 12.2. The van der Waals surface area contributed by atoms with Crippen molar-refractivity contribution in [1.29, 1.82) is 0 Å². The minimum absolute atomic E-state index is 0.0912. The van der Waals surface area contributed by atoms with Gasteiger partial charge in [0, 0.05) is 25.7 Å². The largest absolute Gasteiger partial charge is 0.352 e. The van der Waals surface area contributed by atoms with Crippen LogP contribution in [0.2, 0.25) is 0 Å². The van der Waals surface area contributed by atoms with Crippen molar-refractivity contribution in [2.45, 2.75) is 25.4 Å². The van der Waals surface area contributed by atoms with Crippen LogP contribution < -0.4 is 11.0 Å². The number of amides is 1. The van der Waals surface area contributed by atoms with Crippen molar-refractivity contribution in [3.63, 3.8) is 0 Å². The molecule has 0 radical (unpaired) electrons. The van der Waals surface area contributed by atoms with Gasteiger partial charge >= 0.3 is 5.69 Å². The summed E-state index contributed by atoms with van der Waals surface area (Å²) in [7, 11) is 0. The van der Waals surface area contributed by atoms with Crippen LogP contribution in [-0.2, 0) is 17.8 Å². The van der Waals surface area contributed by atoms with Gasteiger partial charge in [-0.2, -0.15) is 5.10 Å². The van der Waals surface area contributed by atoms with Gasteiger partial charge in [-0.25, -0.2) is 9.89 Å². The van der Waals surface area contributed by atoms with Crippen LogP contribution in [0.25, 0.3) is 0 Å². The number of carbonyl (C=O) groups is 1. The molecule has 1 aliphatic heterocycles. The second-order valence-corrected chi connectivity index (χ2v) is 5.58. The monoisotopic (exact) mass is 301 g/mol. The number of carbonyl (C=O) groups excluding carboxylic acids is 1. The zero-order valence-electron chi connectivity index (χ0n) is 12.2. The van der Waals surface area contributed by atoms with Gasteiger partial charge in [0.25, 0.3) is 0 Å². The quantitative estimate of drug-likeness (QED) is 0.726. The first-order valence-electron chi connectivity index (χ1n) is 7.38. The highest BCUT2D eigenvalue weighted by Crippen LogP contribution is 2.13. The van der Waals surface area contributed by atoms with Gasteiger partial charge in [-0.3, -0.25) is 14.7 Å². The number of nitrogens with zero attached hydrogens (tertiary/aromatic N) is 2. The molecule has 7 nitrogen and oxygen atoms in total. The standard InChI is InChI=1S/C15H19N5O2/c21-14(8-13-17-15(22)19-18-13)16-12-6-7-20(10-12)9-11-4-2-1-3-5-11/h1-5,12H,6-10H2,(H,16,21)(H2,17,18,19,22)/t12-/m1/s1. The lowest BCUT2D eigenvalue weighted by Gasteiger charge is -2.16. The lowest BCUT2D eigenvalue weighted by atomic mass is 10.2. The molecule has 1 fully saturated rings. The number of benzene rings is 1. The number of likely N-dealkylation sites (tertiary alicyclic amines) is 1. The highest BCUT2D eigenvalue weighted by molar-refractivity contribution is 5.78. The first kappa shape index (κ1) is 14.5. The smallest absolute Gasteiger partial charge is 0.340 e. The van der Waals surface area contributed by atoms with Gasteiger partial charge in [-0.15, -0.1) is 0 Å². The lowest BCUT2D eigenvalue weighted by Crippen LogP contribution is -2.38. The van der Waals surface area contributed by atoms with E-state index in [0.717, 1.165) is 26.1 Å². The second kappa shape index (κ2) is 6.57. The second-order valence-electron chi connectivity index (χ2n) is 5.58. The Labute approximate surface area is 127 Å². The fourth-order valence-electron chi connectivity index (χ4n) is 2.76. The Morgan fingerprint density at radius 2 is 2.18 bits per heavy atom. The molecule has 0 unspecified atom stereocenters. The number of rotatable bonds is 5. The molecule has 3 N–H and O–H groups in total. The predicted molar refractivity (Wildman–Crippen MR) is 81.2 cm³/mol. The summed E-state index contributed by atoms with van der Waals surface area (Å²) in [5.41, 5.74) is 0.890. The molecular formula is C15H19N5O2. The Balaban J connectivity index is 1.46. The average Bonchev–Trinajstić information content (AvgIpc) is 3.09. The van der Waals surface area contributed by atoms with Crippen LogP contribution in [0.3, 0.4) is 0 Å². The van der Waals surface area contributed by atoms with E-state index < -0.39 is 5.69 Å². The highest BCUT2D eigenvalue weighted by Gasteiger charge is 2.24. The first-order valence-corrected chi connectivity index (χ1v) is 7.38. The summed E-state index contributed by atoms with van der Waals surface area (Å²) in [6.07, 6.45) is 1.03. The van der Waals surface area contributed by atoms with Crippen LogP contribution in [0.5, 0.6) is 0 Å². The van der Waals surface area contributed by atoms with Crippen LogP contribution in [0.15, 0.2) is 35.1 Å². The van der Waals surface area contributed by atoms with E-state index in [2.05, 4.69) is 37.5 Å². The summed E-state index contributed by atoms with van der Waals surface area (Å²) >= 11 is 0. The normalized spacial score (nSPS) is 18.5. The molecule has 1 aliphatic rings. The van der Waals surface area contributed by atoms with Gasteiger partial charge in [0.1, 0.15) is 5.82 Å². The van der Waals surface area contributed by atoms with E-state index in [1.54, 1.807) is 0 Å². The molecule has 2 heterocycles. The number of aromatic amines is 2. The Hall–Kier alpha value is -2.41. The fourth-order valence-corrected chi connectivity index (χ4v) is 2.76. The number of nitrogens with one attached hydrogen (secondary N) is 3. The van der Waals surface area contributed by atoms with E-state index in [1.165, 1.54) is 5.56 Å². The van der Waals surface area contributed by atoms with Crippen LogP contribution in [0.1, 0.15) is 17.8 Å². The molecule has 1 aromatic heterocycles. The number of hydrogen-bond donors (Lipinski definition) is 3. The van der Waals surface area contributed by atoms with Crippen molar-refractivity contribution >= 4 is 5.91 Å². The van der Waals surface area contributed by atoms with E-state index in [-0.39, 0.29) is 18.4 Å². The molecule has 1 aromatic carbocycles. The minimum atomic E-state index is -0.391. The lowest BCUT2D eigenvalue weighted by molar-refractivity contribution is -0.121. The maximum Gasteiger partial charge on any atom is 0.340 e. The summed E-state index contributed by atoms with van der Waals surface area (Å²) in [5.74, 6) is 0.246. The van der Waals surface area contributed by atoms with Gasteiger partial charge in [0.2, 0.25) is 5.91 Å². The van der Waals surface area contributed by atoms with Crippen molar-refractivity contribution in [2.24, 2.45) is 0 Å². The molecule has 1 amide bonds. The maximum absolute atomic E-state index is 11.9. The van der Waals surface area contributed by atoms with Crippen molar-refractivity contribution in [1.82, 2.24) is 25.4 Å². The van der Waals surface area contributed by atoms with Crippen LogP contribution in [-0.4, -0.2) is 45.1 Å². The first-order chi connectivity index (χ1) is 10.7. The topological polar surface area (TPSA) is 93.9 Å². The summed E-state index contributed by atoms with van der Waals surface area (Å²) < 4.78 is 0. The highest BCUT2D eigenvalue weighted by atomic mass is 16.2. The molecule has 0 aliphatic carbocycles. The molecular weight excluding hydrogens is 282 g/mol. The molecule has 0 bridgehead atoms. The third kappa shape index (κ3) is 3.82.